The lowest BCUT2D eigenvalue weighted by Gasteiger charge is -2.29. The van der Waals surface area contributed by atoms with Gasteiger partial charge in [-0.1, -0.05) is 62.4 Å². The molecule has 1 amide bonds. The molecule has 2 aliphatic carbocycles. The molecule has 39 heavy (non-hydrogen) atoms. The van der Waals surface area contributed by atoms with E-state index in [9.17, 15) is 24.3 Å². The summed E-state index contributed by atoms with van der Waals surface area (Å²) in [5, 5.41) is 18.7. The van der Waals surface area contributed by atoms with Crippen molar-refractivity contribution in [1.82, 2.24) is 16.0 Å². The zero-order valence-electron chi connectivity index (χ0n) is 22.8. The topological polar surface area (TPSA) is 125 Å². The van der Waals surface area contributed by atoms with E-state index < -0.39 is 12.0 Å². The van der Waals surface area contributed by atoms with Crippen LogP contribution in [-0.4, -0.2) is 47.7 Å². The third-order valence-electron chi connectivity index (χ3n) is 7.45. The summed E-state index contributed by atoms with van der Waals surface area (Å²) in [4.78, 5) is 49.4. The number of carboxylic acid groups (broad SMARTS) is 1. The molecule has 0 unspecified atom stereocenters. The Hall–Kier alpha value is -3.78. The van der Waals surface area contributed by atoms with Crippen molar-refractivity contribution in [2.75, 3.05) is 13.1 Å². The van der Waals surface area contributed by atoms with Crippen LogP contribution in [0.25, 0.3) is 11.1 Å². The van der Waals surface area contributed by atoms with Crippen molar-refractivity contribution < 1.29 is 24.3 Å². The number of rotatable bonds is 11. The number of benzene rings is 2. The first-order chi connectivity index (χ1) is 18.6. The Morgan fingerprint density at radius 2 is 1.51 bits per heavy atom. The zero-order chi connectivity index (χ0) is 28.2. The second-order valence-corrected chi connectivity index (χ2v) is 11.2. The first-order valence-electron chi connectivity index (χ1n) is 13.5. The normalized spacial score (nSPS) is 16.8. The van der Waals surface area contributed by atoms with E-state index in [4.69, 9.17) is 0 Å². The largest absolute Gasteiger partial charge is 0.480 e. The molecule has 1 saturated carbocycles. The highest BCUT2D eigenvalue weighted by atomic mass is 16.4. The summed E-state index contributed by atoms with van der Waals surface area (Å²) in [5.74, 6) is -1.71. The third-order valence-corrected chi connectivity index (χ3v) is 7.45. The SMILES string of the molecule is CC(NCCCC[C@@H](NC(=O)CNC1c2ccccc2-c2ccccc21)C(=O)O)=C1C(=O)CC(C)(C)CC1=O. The van der Waals surface area contributed by atoms with Crippen LogP contribution in [0, 0.1) is 5.41 Å². The summed E-state index contributed by atoms with van der Waals surface area (Å²) in [6.07, 6.45) is 2.16. The Labute approximate surface area is 229 Å². The molecule has 8 heteroatoms. The van der Waals surface area contributed by atoms with Gasteiger partial charge in [-0.25, -0.2) is 4.79 Å². The lowest BCUT2D eigenvalue weighted by molar-refractivity contribution is -0.142. The van der Waals surface area contributed by atoms with Gasteiger partial charge in [-0.2, -0.15) is 0 Å². The fraction of sp³-hybridized carbons (Fsp3) is 0.419. The van der Waals surface area contributed by atoms with E-state index in [2.05, 4.69) is 28.1 Å². The smallest absolute Gasteiger partial charge is 0.326 e. The Morgan fingerprint density at radius 3 is 2.08 bits per heavy atom. The molecular formula is C31H37N3O5. The molecule has 0 radical (unpaired) electrons. The lowest BCUT2D eigenvalue weighted by Crippen LogP contribution is -2.45. The number of nitrogens with one attached hydrogen (secondary N) is 3. The number of hydrogen-bond acceptors (Lipinski definition) is 6. The summed E-state index contributed by atoms with van der Waals surface area (Å²) < 4.78 is 0. The van der Waals surface area contributed by atoms with Crippen LogP contribution in [0.4, 0.5) is 0 Å². The highest BCUT2D eigenvalue weighted by Crippen LogP contribution is 2.42. The van der Waals surface area contributed by atoms with Gasteiger partial charge in [-0.05, 0) is 53.9 Å². The molecule has 8 nitrogen and oxygen atoms in total. The molecule has 4 N–H and O–H groups in total. The van der Waals surface area contributed by atoms with Crippen LogP contribution in [-0.2, 0) is 19.2 Å². The molecule has 0 spiro atoms. The number of carbonyl (C=O) groups is 4. The molecule has 1 fully saturated rings. The first kappa shape index (κ1) is 28.2. The molecular weight excluding hydrogens is 494 g/mol. The van der Waals surface area contributed by atoms with Crippen LogP contribution >= 0.6 is 0 Å². The van der Waals surface area contributed by atoms with Crippen LogP contribution in [0.15, 0.2) is 59.8 Å². The maximum atomic E-state index is 12.7. The van der Waals surface area contributed by atoms with Gasteiger partial charge in [0.15, 0.2) is 11.6 Å². The number of amides is 1. The average Bonchev–Trinajstić information content (AvgIpc) is 3.19. The quantitative estimate of drug-likeness (QED) is 0.197. The monoisotopic (exact) mass is 531 g/mol. The summed E-state index contributed by atoms with van der Waals surface area (Å²) in [6, 6.07) is 15.0. The van der Waals surface area contributed by atoms with Crippen LogP contribution in [0.1, 0.15) is 70.0 Å². The molecule has 0 aromatic heterocycles. The fourth-order valence-corrected chi connectivity index (χ4v) is 5.59. The van der Waals surface area contributed by atoms with E-state index in [1.807, 2.05) is 50.2 Å². The van der Waals surface area contributed by atoms with Gasteiger partial charge in [0.05, 0.1) is 18.2 Å². The van der Waals surface area contributed by atoms with Crippen molar-refractivity contribution in [3.63, 3.8) is 0 Å². The van der Waals surface area contributed by atoms with Crippen molar-refractivity contribution in [3.05, 3.63) is 70.9 Å². The molecule has 0 aliphatic heterocycles. The van der Waals surface area contributed by atoms with Crippen molar-refractivity contribution in [3.8, 4) is 11.1 Å². The average molecular weight is 532 g/mol. The highest BCUT2D eigenvalue weighted by Gasteiger charge is 2.36. The summed E-state index contributed by atoms with van der Waals surface area (Å²) >= 11 is 0. The molecule has 0 heterocycles. The minimum Gasteiger partial charge on any atom is -0.480 e. The molecule has 1 atom stereocenters. The number of carboxylic acids is 1. The number of unbranched alkanes of at least 4 members (excludes halogenated alkanes) is 1. The molecule has 4 rings (SSSR count). The van der Waals surface area contributed by atoms with Crippen LogP contribution in [0.2, 0.25) is 0 Å². The Bertz CT molecular complexity index is 1250. The van der Waals surface area contributed by atoms with Gasteiger partial charge in [0.2, 0.25) is 5.91 Å². The van der Waals surface area contributed by atoms with Crippen molar-refractivity contribution in [2.45, 2.75) is 65.0 Å². The summed E-state index contributed by atoms with van der Waals surface area (Å²) in [5.41, 5.74) is 4.98. The van der Waals surface area contributed by atoms with Gasteiger partial charge in [0.1, 0.15) is 6.04 Å². The third kappa shape index (κ3) is 6.63. The maximum Gasteiger partial charge on any atom is 0.326 e. The molecule has 2 aliphatic rings. The predicted molar refractivity (Wildman–Crippen MR) is 149 cm³/mol. The van der Waals surface area contributed by atoms with Crippen molar-refractivity contribution in [2.24, 2.45) is 5.41 Å². The number of hydrogen-bond donors (Lipinski definition) is 4. The second kappa shape index (κ2) is 11.9. The van der Waals surface area contributed by atoms with E-state index in [1.54, 1.807) is 6.92 Å². The molecule has 0 saturated heterocycles. The van der Waals surface area contributed by atoms with E-state index >= 15 is 0 Å². The van der Waals surface area contributed by atoms with E-state index in [-0.39, 0.29) is 47.5 Å². The second-order valence-electron chi connectivity index (χ2n) is 11.2. The van der Waals surface area contributed by atoms with Gasteiger partial charge in [0, 0.05) is 25.1 Å². The predicted octanol–water partition coefficient (Wildman–Crippen LogP) is 3.91. The van der Waals surface area contributed by atoms with Crippen LogP contribution < -0.4 is 16.0 Å². The highest BCUT2D eigenvalue weighted by molar-refractivity contribution is 6.22. The molecule has 0 bridgehead atoms. The fourth-order valence-electron chi connectivity index (χ4n) is 5.59. The summed E-state index contributed by atoms with van der Waals surface area (Å²) in [7, 11) is 0. The van der Waals surface area contributed by atoms with Gasteiger partial charge < -0.3 is 15.7 Å². The summed E-state index contributed by atoms with van der Waals surface area (Å²) in [6.45, 7) is 6.06. The number of aliphatic carboxylic acids is 1. The van der Waals surface area contributed by atoms with Crippen LogP contribution in [0.5, 0.6) is 0 Å². The minimum absolute atomic E-state index is 0.00962. The standard InChI is InChI=1S/C31H37N3O5/c1-19(28-25(35)16-31(2,3)17-26(28)36)32-15-9-8-14-24(30(38)39)34-27(37)18-33-29-22-12-6-4-10-20(22)21-11-5-7-13-23(21)29/h4-7,10-13,24,29,32-33H,8-9,14-18H2,1-3H3,(H,34,37)(H,38,39)/t24-/m1/s1. The van der Waals surface area contributed by atoms with Crippen molar-refractivity contribution >= 4 is 23.4 Å². The van der Waals surface area contributed by atoms with E-state index in [0.717, 1.165) is 22.3 Å². The molecule has 2 aromatic carbocycles. The maximum absolute atomic E-state index is 12.7. The van der Waals surface area contributed by atoms with Gasteiger partial charge in [0.25, 0.3) is 0 Å². The van der Waals surface area contributed by atoms with E-state index in [0.29, 0.717) is 37.9 Å². The lowest BCUT2D eigenvalue weighted by atomic mass is 9.73. The Balaban J connectivity index is 1.24. The number of Topliss-reactive ketones (excluding diaryl/α,β-unsaturated/α-hetero) is 2. The molecule has 206 valence electrons. The number of fused-ring (bicyclic) bond motifs is 3. The Kier molecular flexibility index (Phi) is 8.65. The van der Waals surface area contributed by atoms with Gasteiger partial charge >= 0.3 is 5.97 Å². The minimum atomic E-state index is -1.08. The molecule has 2 aromatic rings. The number of allylic oxidation sites excluding steroid dienone is 2. The first-order valence-corrected chi connectivity index (χ1v) is 13.5. The van der Waals surface area contributed by atoms with Crippen molar-refractivity contribution in [1.29, 1.82) is 0 Å². The van der Waals surface area contributed by atoms with Crippen LogP contribution in [0.3, 0.4) is 0 Å². The number of ketones is 2. The zero-order valence-corrected chi connectivity index (χ0v) is 22.8. The van der Waals surface area contributed by atoms with Gasteiger partial charge in [-0.3, -0.25) is 19.7 Å². The van der Waals surface area contributed by atoms with Gasteiger partial charge in [-0.15, -0.1) is 0 Å². The van der Waals surface area contributed by atoms with E-state index in [1.165, 1.54) is 0 Å². The number of carbonyl (C=O) groups excluding carboxylic acids is 3. The Morgan fingerprint density at radius 1 is 0.949 bits per heavy atom.